The molecule has 2 fully saturated rings. The largest absolute Gasteiger partial charge is 0.377 e. The lowest BCUT2D eigenvalue weighted by Crippen LogP contribution is -2.46. The van der Waals surface area contributed by atoms with Crippen molar-refractivity contribution in [2.24, 2.45) is 11.8 Å². The van der Waals surface area contributed by atoms with E-state index < -0.39 is 0 Å². The average Bonchev–Trinajstić information content (AvgIpc) is 2.59. The monoisotopic (exact) mass is 402 g/mol. The molecule has 26 heavy (non-hydrogen) atoms. The van der Waals surface area contributed by atoms with E-state index in [1.807, 2.05) is 0 Å². The summed E-state index contributed by atoms with van der Waals surface area (Å²) in [5.41, 5.74) is 1.46. The highest BCUT2D eigenvalue weighted by Gasteiger charge is 2.29. The summed E-state index contributed by atoms with van der Waals surface area (Å²) in [6, 6.07) is 11.0. The highest BCUT2D eigenvalue weighted by molar-refractivity contribution is 5.85. The summed E-state index contributed by atoms with van der Waals surface area (Å²) in [7, 11) is 2.21. The number of hydrogen-bond donors (Lipinski definition) is 0. The van der Waals surface area contributed by atoms with E-state index in [-0.39, 0.29) is 24.8 Å². The molecular formula is C21H36Cl2N2O. The second-order valence-electron chi connectivity index (χ2n) is 7.92. The van der Waals surface area contributed by atoms with Crippen molar-refractivity contribution in [1.82, 2.24) is 9.80 Å². The van der Waals surface area contributed by atoms with E-state index in [2.05, 4.69) is 54.1 Å². The third kappa shape index (κ3) is 7.36. The Morgan fingerprint density at radius 2 is 1.69 bits per heavy atom. The molecule has 0 radical (unpaired) electrons. The molecule has 0 amide bonds. The fourth-order valence-electron chi connectivity index (χ4n) is 4.23. The Bertz CT molecular complexity index is 480. The van der Waals surface area contributed by atoms with Crippen LogP contribution in [0.3, 0.4) is 0 Å². The quantitative estimate of drug-likeness (QED) is 0.710. The van der Waals surface area contributed by atoms with Gasteiger partial charge in [-0.25, -0.2) is 0 Å². The summed E-state index contributed by atoms with van der Waals surface area (Å²) in [5, 5.41) is 0. The van der Waals surface area contributed by atoms with Crippen LogP contribution in [0.1, 0.15) is 31.7 Å². The Labute approximate surface area is 172 Å². The first-order valence-corrected chi connectivity index (χ1v) is 9.77. The van der Waals surface area contributed by atoms with Crippen LogP contribution in [0.5, 0.6) is 0 Å². The van der Waals surface area contributed by atoms with Gasteiger partial charge in [0.2, 0.25) is 0 Å². The second-order valence-corrected chi connectivity index (χ2v) is 7.92. The Morgan fingerprint density at radius 3 is 2.38 bits per heavy atom. The summed E-state index contributed by atoms with van der Waals surface area (Å²) in [4.78, 5) is 4.97. The molecule has 3 atom stereocenters. The number of likely N-dealkylation sites (N-methyl/N-ethyl adjacent to an activating group) is 1. The van der Waals surface area contributed by atoms with Gasteiger partial charge >= 0.3 is 0 Å². The van der Waals surface area contributed by atoms with Gasteiger partial charge in [-0.3, -0.25) is 4.90 Å². The Hall–Kier alpha value is -0.320. The molecule has 1 saturated carbocycles. The van der Waals surface area contributed by atoms with Crippen LogP contribution in [0.4, 0.5) is 0 Å². The van der Waals surface area contributed by atoms with E-state index in [0.717, 1.165) is 19.1 Å². The number of halogens is 2. The Kier molecular flexibility index (Phi) is 11.1. The van der Waals surface area contributed by atoms with Gasteiger partial charge in [-0.1, -0.05) is 37.3 Å². The molecule has 0 N–H and O–H groups in total. The van der Waals surface area contributed by atoms with Crippen LogP contribution in [-0.4, -0.2) is 62.3 Å². The van der Waals surface area contributed by atoms with Crippen molar-refractivity contribution in [3.05, 3.63) is 35.9 Å². The molecule has 5 heteroatoms. The number of nitrogens with zero attached hydrogens (tertiary/aromatic N) is 2. The van der Waals surface area contributed by atoms with Gasteiger partial charge in [-0.15, -0.1) is 24.8 Å². The van der Waals surface area contributed by atoms with Gasteiger partial charge in [-0.2, -0.15) is 0 Å². The smallest absolute Gasteiger partial charge is 0.0607 e. The van der Waals surface area contributed by atoms with Crippen LogP contribution in [-0.2, 0) is 11.2 Å². The van der Waals surface area contributed by atoms with Gasteiger partial charge in [0.1, 0.15) is 0 Å². The normalized spacial score (nSPS) is 27.4. The van der Waals surface area contributed by atoms with E-state index in [0.29, 0.717) is 12.0 Å². The molecule has 1 heterocycles. The third-order valence-corrected chi connectivity index (χ3v) is 5.85. The molecule has 0 aromatic heterocycles. The summed E-state index contributed by atoms with van der Waals surface area (Å²) in [5.74, 6) is 1.53. The van der Waals surface area contributed by atoms with Crippen LogP contribution >= 0.6 is 24.8 Å². The van der Waals surface area contributed by atoms with Crippen molar-refractivity contribution >= 4 is 24.8 Å². The molecular weight excluding hydrogens is 367 g/mol. The fourth-order valence-corrected chi connectivity index (χ4v) is 4.23. The zero-order chi connectivity index (χ0) is 16.8. The highest BCUT2D eigenvalue weighted by atomic mass is 35.5. The number of piperazine rings is 1. The lowest BCUT2D eigenvalue weighted by molar-refractivity contribution is -0.0309. The second kappa shape index (κ2) is 12.2. The first-order chi connectivity index (χ1) is 11.7. The van der Waals surface area contributed by atoms with Crippen LogP contribution in [0.2, 0.25) is 0 Å². The number of rotatable bonds is 6. The van der Waals surface area contributed by atoms with Gasteiger partial charge in [0, 0.05) is 32.7 Å². The Morgan fingerprint density at radius 1 is 1.00 bits per heavy atom. The summed E-state index contributed by atoms with van der Waals surface area (Å²) in [6.07, 6.45) is 5.50. The minimum absolute atomic E-state index is 0. The van der Waals surface area contributed by atoms with E-state index in [4.69, 9.17) is 4.74 Å². The average molecular weight is 403 g/mol. The highest BCUT2D eigenvalue weighted by Crippen LogP contribution is 2.33. The topological polar surface area (TPSA) is 15.7 Å². The van der Waals surface area contributed by atoms with Crippen molar-refractivity contribution in [3.63, 3.8) is 0 Å². The van der Waals surface area contributed by atoms with Gasteiger partial charge in [0.25, 0.3) is 0 Å². The first-order valence-electron chi connectivity index (χ1n) is 9.77. The molecule has 3 nitrogen and oxygen atoms in total. The molecule has 1 aliphatic heterocycles. The number of hydrogen-bond acceptors (Lipinski definition) is 3. The Balaban J connectivity index is 0.00000169. The van der Waals surface area contributed by atoms with Crippen molar-refractivity contribution in [3.8, 4) is 0 Å². The van der Waals surface area contributed by atoms with Crippen LogP contribution < -0.4 is 0 Å². The predicted octanol–water partition coefficient (Wildman–Crippen LogP) is 4.14. The third-order valence-electron chi connectivity index (χ3n) is 5.85. The first kappa shape index (κ1) is 23.7. The van der Waals surface area contributed by atoms with Crippen LogP contribution in [0, 0.1) is 11.8 Å². The molecule has 1 aliphatic carbocycles. The van der Waals surface area contributed by atoms with E-state index in [9.17, 15) is 0 Å². The van der Waals surface area contributed by atoms with Gasteiger partial charge in [0.05, 0.1) is 12.7 Å². The molecule has 1 aromatic rings. The van der Waals surface area contributed by atoms with Crippen molar-refractivity contribution in [1.29, 1.82) is 0 Å². The maximum atomic E-state index is 6.39. The summed E-state index contributed by atoms with van der Waals surface area (Å²) < 4.78 is 6.39. The van der Waals surface area contributed by atoms with E-state index >= 15 is 0 Å². The SMILES string of the molecule is CC1CCC(OCCN2CCN(C)CC2)C(Cc2ccccc2)C1.Cl.Cl. The van der Waals surface area contributed by atoms with Gasteiger partial charge in [0.15, 0.2) is 0 Å². The molecule has 1 aromatic carbocycles. The molecule has 2 aliphatic rings. The van der Waals surface area contributed by atoms with Crippen LogP contribution in [0.15, 0.2) is 30.3 Å². The number of benzene rings is 1. The molecule has 3 rings (SSSR count). The minimum atomic E-state index is 0. The lowest BCUT2D eigenvalue weighted by Gasteiger charge is -2.36. The molecule has 150 valence electrons. The van der Waals surface area contributed by atoms with Gasteiger partial charge in [-0.05, 0) is 50.1 Å². The predicted molar refractivity (Wildman–Crippen MR) is 115 cm³/mol. The standard InChI is InChI=1S/C21H34N2O.2ClH/c1-18-8-9-21(20(16-18)17-19-6-4-3-5-7-19)24-15-14-23-12-10-22(2)11-13-23;;/h3-7,18,20-21H,8-17H2,1-2H3;2*1H. The molecule has 1 saturated heterocycles. The van der Waals surface area contributed by atoms with E-state index in [1.54, 1.807) is 0 Å². The maximum Gasteiger partial charge on any atom is 0.0607 e. The molecule has 0 spiro atoms. The van der Waals surface area contributed by atoms with Crippen molar-refractivity contribution in [2.75, 3.05) is 46.4 Å². The summed E-state index contributed by atoms with van der Waals surface area (Å²) >= 11 is 0. The van der Waals surface area contributed by atoms with Gasteiger partial charge < -0.3 is 9.64 Å². The van der Waals surface area contributed by atoms with Crippen molar-refractivity contribution in [2.45, 2.75) is 38.7 Å². The van der Waals surface area contributed by atoms with Crippen LogP contribution in [0.25, 0.3) is 0 Å². The minimum Gasteiger partial charge on any atom is -0.377 e. The molecule has 3 unspecified atom stereocenters. The fraction of sp³-hybridized carbons (Fsp3) is 0.714. The summed E-state index contributed by atoms with van der Waals surface area (Å²) in [6.45, 7) is 9.16. The zero-order valence-electron chi connectivity index (χ0n) is 16.3. The maximum absolute atomic E-state index is 6.39. The lowest BCUT2D eigenvalue weighted by atomic mass is 9.77. The number of ether oxygens (including phenoxy) is 1. The van der Waals surface area contributed by atoms with E-state index in [1.165, 1.54) is 57.4 Å². The zero-order valence-corrected chi connectivity index (χ0v) is 17.9. The molecule has 0 bridgehead atoms. The van der Waals surface area contributed by atoms with Crippen molar-refractivity contribution < 1.29 is 4.74 Å².